The van der Waals surface area contributed by atoms with Crippen LogP contribution in [0.4, 0.5) is 0 Å². The third-order valence-electron chi connectivity index (χ3n) is 6.70. The van der Waals surface area contributed by atoms with Crippen LogP contribution < -0.4 is 0 Å². The Balaban J connectivity index is 1.43. The fourth-order valence-corrected chi connectivity index (χ4v) is 7.57. The number of aliphatic hydroxyl groups is 1. The van der Waals surface area contributed by atoms with Crippen LogP contribution >= 0.6 is 0 Å². The van der Waals surface area contributed by atoms with Crippen molar-refractivity contribution in [1.82, 2.24) is 0 Å². The van der Waals surface area contributed by atoms with Gasteiger partial charge in [0.1, 0.15) is 0 Å². The Morgan fingerprint density at radius 1 is 0.731 bits per heavy atom. The van der Waals surface area contributed by atoms with E-state index in [1.165, 1.54) is 77.0 Å². The van der Waals surface area contributed by atoms with Gasteiger partial charge in [0, 0.05) is 0 Å². The van der Waals surface area contributed by atoms with Gasteiger partial charge >= 0.3 is 0 Å². The normalized spacial score (nSPS) is 29.9. The van der Waals surface area contributed by atoms with Crippen LogP contribution in [-0.2, 0) is 9.84 Å². The fourth-order valence-electron chi connectivity index (χ4n) is 5.02. The van der Waals surface area contributed by atoms with Crippen LogP contribution in [0.5, 0.6) is 0 Å². The lowest BCUT2D eigenvalue weighted by Crippen LogP contribution is -2.44. The van der Waals surface area contributed by atoms with E-state index in [1.807, 2.05) is 0 Å². The van der Waals surface area contributed by atoms with Crippen molar-refractivity contribution < 1.29 is 13.5 Å². The summed E-state index contributed by atoms with van der Waals surface area (Å²) < 4.78 is 24.3. The summed E-state index contributed by atoms with van der Waals surface area (Å²) in [5.74, 6) is 0. The van der Waals surface area contributed by atoms with E-state index in [9.17, 15) is 13.5 Å². The minimum absolute atomic E-state index is 0.256. The zero-order chi connectivity index (χ0) is 18.9. The summed E-state index contributed by atoms with van der Waals surface area (Å²) in [4.78, 5) is 0. The maximum atomic E-state index is 12.1. The van der Waals surface area contributed by atoms with Gasteiger partial charge in [-0.25, -0.2) is 8.42 Å². The molecule has 0 amide bonds. The second-order valence-corrected chi connectivity index (χ2v) is 11.5. The monoisotopic (exact) mass is 386 g/mol. The van der Waals surface area contributed by atoms with E-state index in [0.29, 0.717) is 12.8 Å². The van der Waals surface area contributed by atoms with Crippen molar-refractivity contribution >= 4 is 9.84 Å². The second-order valence-electron chi connectivity index (χ2n) is 9.04. The molecule has 2 rings (SSSR count). The number of hydrogen-bond donors (Lipinski definition) is 1. The predicted octanol–water partition coefficient (Wildman–Crippen LogP) is 5.94. The SMILES string of the molecule is CCCCCCCCCCCCCCCC1(O)CC2CCC(C1)S2(=O)=O. The number of rotatable bonds is 14. The van der Waals surface area contributed by atoms with Gasteiger partial charge in [-0.2, -0.15) is 0 Å². The minimum atomic E-state index is -2.92. The highest BCUT2D eigenvalue weighted by molar-refractivity contribution is 7.93. The molecule has 0 aliphatic carbocycles. The molecule has 0 saturated carbocycles. The summed E-state index contributed by atoms with van der Waals surface area (Å²) in [5.41, 5.74) is -0.699. The van der Waals surface area contributed by atoms with Gasteiger partial charge in [-0.1, -0.05) is 90.4 Å². The third kappa shape index (κ3) is 6.82. The zero-order valence-corrected chi connectivity index (χ0v) is 17.9. The third-order valence-corrected chi connectivity index (χ3v) is 9.36. The molecule has 3 nitrogen and oxygen atoms in total. The molecule has 0 aromatic carbocycles. The standard InChI is InChI=1S/C22H42O3S/c1-2-3-4-5-6-7-8-9-10-11-12-13-14-17-22(23)18-20-15-16-21(19-22)26(20,24)25/h20-21,23H,2-19H2,1H3. The molecule has 2 unspecified atom stereocenters. The molecule has 2 atom stereocenters. The molecule has 1 N–H and O–H groups in total. The molecule has 0 aromatic rings. The average molecular weight is 387 g/mol. The summed E-state index contributed by atoms with van der Waals surface area (Å²) in [6.45, 7) is 2.27. The van der Waals surface area contributed by atoms with Crippen molar-refractivity contribution in [3.63, 3.8) is 0 Å². The van der Waals surface area contributed by atoms with Crippen LogP contribution in [0.25, 0.3) is 0 Å². The van der Waals surface area contributed by atoms with Crippen molar-refractivity contribution in [2.45, 2.75) is 139 Å². The van der Waals surface area contributed by atoms with Crippen molar-refractivity contribution in [3.05, 3.63) is 0 Å². The van der Waals surface area contributed by atoms with Gasteiger partial charge in [0.2, 0.25) is 0 Å². The summed E-state index contributed by atoms with van der Waals surface area (Å²) in [6.07, 6.45) is 20.6. The molecule has 0 radical (unpaired) electrons. The molecule has 0 aromatic heterocycles. The Kier molecular flexibility index (Phi) is 9.43. The minimum Gasteiger partial charge on any atom is -0.390 e. The van der Waals surface area contributed by atoms with E-state index in [0.717, 1.165) is 25.7 Å². The molecule has 4 heteroatoms. The first-order chi connectivity index (χ1) is 12.5. The summed E-state index contributed by atoms with van der Waals surface area (Å²) in [6, 6.07) is 0. The van der Waals surface area contributed by atoms with Crippen molar-refractivity contribution in [2.75, 3.05) is 0 Å². The van der Waals surface area contributed by atoms with Gasteiger partial charge in [-0.3, -0.25) is 0 Å². The molecule has 2 fully saturated rings. The van der Waals surface area contributed by atoms with Crippen LogP contribution in [0.1, 0.15) is 122 Å². The quantitative estimate of drug-likeness (QED) is 0.376. The van der Waals surface area contributed by atoms with Crippen LogP contribution in [0.15, 0.2) is 0 Å². The van der Waals surface area contributed by atoms with Crippen LogP contribution in [-0.4, -0.2) is 29.6 Å². The van der Waals surface area contributed by atoms with Crippen molar-refractivity contribution in [2.24, 2.45) is 0 Å². The maximum Gasteiger partial charge on any atom is 0.156 e. The van der Waals surface area contributed by atoms with E-state index >= 15 is 0 Å². The van der Waals surface area contributed by atoms with Gasteiger partial charge in [-0.15, -0.1) is 0 Å². The lowest BCUT2D eigenvalue weighted by molar-refractivity contribution is 0.0108. The van der Waals surface area contributed by atoms with E-state index in [1.54, 1.807) is 0 Å². The summed E-state index contributed by atoms with van der Waals surface area (Å²) in [7, 11) is -2.92. The molecule has 2 aliphatic rings. The Labute approximate surface area is 162 Å². The first-order valence-corrected chi connectivity index (χ1v) is 13.0. The van der Waals surface area contributed by atoms with Crippen molar-refractivity contribution in [1.29, 1.82) is 0 Å². The molecular formula is C22H42O3S. The first kappa shape index (κ1) is 22.2. The molecule has 154 valence electrons. The molecule has 2 heterocycles. The molecule has 26 heavy (non-hydrogen) atoms. The Bertz CT molecular complexity index is 466. The zero-order valence-electron chi connectivity index (χ0n) is 17.1. The summed E-state index contributed by atoms with van der Waals surface area (Å²) >= 11 is 0. The molecule has 0 spiro atoms. The smallest absolute Gasteiger partial charge is 0.156 e. The fraction of sp³-hybridized carbons (Fsp3) is 1.00. The number of unbranched alkanes of at least 4 members (excludes halogenated alkanes) is 12. The molecule has 2 aliphatic heterocycles. The second kappa shape index (κ2) is 11.0. The highest BCUT2D eigenvalue weighted by Crippen LogP contribution is 2.45. The number of fused-ring (bicyclic) bond motifs is 2. The lowest BCUT2D eigenvalue weighted by atomic mass is 9.87. The largest absolute Gasteiger partial charge is 0.390 e. The van der Waals surface area contributed by atoms with Gasteiger partial charge in [0.25, 0.3) is 0 Å². The number of sulfone groups is 1. The molecule has 2 bridgehead atoms. The Morgan fingerprint density at radius 2 is 1.12 bits per heavy atom. The van der Waals surface area contributed by atoms with E-state index in [-0.39, 0.29) is 10.5 Å². The van der Waals surface area contributed by atoms with Gasteiger partial charge in [0.05, 0.1) is 16.1 Å². The van der Waals surface area contributed by atoms with Gasteiger partial charge in [-0.05, 0) is 32.1 Å². The first-order valence-electron chi connectivity index (χ1n) is 11.4. The lowest BCUT2D eigenvalue weighted by Gasteiger charge is -2.36. The summed E-state index contributed by atoms with van der Waals surface area (Å²) in [5, 5.41) is 10.3. The average Bonchev–Trinajstić information content (AvgIpc) is 2.76. The highest BCUT2D eigenvalue weighted by Gasteiger charge is 2.52. The van der Waals surface area contributed by atoms with Crippen molar-refractivity contribution in [3.8, 4) is 0 Å². The van der Waals surface area contributed by atoms with Crippen LogP contribution in [0, 0.1) is 0 Å². The van der Waals surface area contributed by atoms with E-state index in [2.05, 4.69) is 6.92 Å². The maximum absolute atomic E-state index is 12.1. The Hall–Kier alpha value is -0.0900. The predicted molar refractivity (Wildman–Crippen MR) is 110 cm³/mol. The topological polar surface area (TPSA) is 54.4 Å². The Morgan fingerprint density at radius 3 is 1.54 bits per heavy atom. The van der Waals surface area contributed by atoms with E-state index in [4.69, 9.17) is 0 Å². The highest BCUT2D eigenvalue weighted by atomic mass is 32.2. The number of hydrogen-bond acceptors (Lipinski definition) is 3. The van der Waals surface area contributed by atoms with Gasteiger partial charge in [0.15, 0.2) is 9.84 Å². The van der Waals surface area contributed by atoms with Gasteiger partial charge < -0.3 is 5.11 Å². The van der Waals surface area contributed by atoms with E-state index < -0.39 is 15.4 Å². The van der Waals surface area contributed by atoms with Crippen LogP contribution in [0.3, 0.4) is 0 Å². The van der Waals surface area contributed by atoms with Crippen LogP contribution in [0.2, 0.25) is 0 Å². The molecular weight excluding hydrogens is 344 g/mol. The molecule has 2 saturated heterocycles.